The fourth-order valence-electron chi connectivity index (χ4n) is 1.18. The summed E-state index contributed by atoms with van der Waals surface area (Å²) in [5.41, 5.74) is 0.711. The van der Waals surface area contributed by atoms with Gasteiger partial charge >= 0.3 is 0 Å². The number of carbonyl (C=O) groups excluding carboxylic acids is 1. The lowest BCUT2D eigenvalue weighted by atomic mass is 10.4. The zero-order chi connectivity index (χ0) is 12.7. The van der Waals surface area contributed by atoms with E-state index in [0.29, 0.717) is 24.1 Å². The minimum absolute atomic E-state index is 0.178. The molecular formula is C11H16ClN3O2. The molecule has 94 valence electrons. The molecule has 5 nitrogen and oxygen atoms in total. The fraction of sp³-hybridized carbons (Fsp3) is 0.545. The highest BCUT2D eigenvalue weighted by Gasteiger charge is 2.06. The number of rotatable bonds is 6. The molecule has 0 aromatic carbocycles. The van der Waals surface area contributed by atoms with Crippen LogP contribution in [0.2, 0.25) is 5.15 Å². The van der Waals surface area contributed by atoms with E-state index in [9.17, 15) is 4.79 Å². The number of aromatic nitrogens is 2. The van der Waals surface area contributed by atoms with E-state index in [2.05, 4.69) is 15.3 Å². The molecule has 17 heavy (non-hydrogen) atoms. The van der Waals surface area contributed by atoms with Crippen LogP contribution in [-0.2, 0) is 9.53 Å². The molecule has 1 heterocycles. The van der Waals surface area contributed by atoms with Gasteiger partial charge in [0.1, 0.15) is 5.15 Å². The average Bonchev–Trinajstić information content (AvgIpc) is 2.23. The van der Waals surface area contributed by atoms with Gasteiger partial charge in [-0.2, -0.15) is 0 Å². The molecule has 0 bridgehead atoms. The lowest BCUT2D eigenvalue weighted by molar-refractivity contribution is -0.117. The molecule has 1 aromatic heterocycles. The number of hydrogen-bond acceptors (Lipinski definition) is 4. The highest BCUT2D eigenvalue weighted by atomic mass is 35.5. The maximum atomic E-state index is 11.5. The van der Waals surface area contributed by atoms with Crippen LogP contribution in [0.4, 0.5) is 5.95 Å². The van der Waals surface area contributed by atoms with Crippen molar-refractivity contribution in [3.8, 4) is 0 Å². The quantitative estimate of drug-likeness (QED) is 0.627. The zero-order valence-corrected chi connectivity index (χ0v) is 10.8. The van der Waals surface area contributed by atoms with E-state index in [1.54, 1.807) is 13.0 Å². The van der Waals surface area contributed by atoms with E-state index in [1.165, 1.54) is 0 Å². The number of nitrogens with one attached hydrogen (secondary N) is 1. The van der Waals surface area contributed by atoms with E-state index in [-0.39, 0.29) is 18.3 Å². The lowest BCUT2D eigenvalue weighted by Gasteiger charge is -2.05. The first-order valence-electron chi connectivity index (χ1n) is 5.50. The first-order valence-corrected chi connectivity index (χ1v) is 5.88. The molecule has 0 atom stereocenters. The molecule has 0 aliphatic rings. The van der Waals surface area contributed by atoms with Crippen molar-refractivity contribution < 1.29 is 9.53 Å². The van der Waals surface area contributed by atoms with Crippen LogP contribution in [0.1, 0.15) is 25.5 Å². The Morgan fingerprint density at radius 3 is 2.88 bits per heavy atom. The molecule has 0 unspecified atom stereocenters. The summed E-state index contributed by atoms with van der Waals surface area (Å²) in [6, 6.07) is 1.63. The van der Waals surface area contributed by atoms with Crippen molar-refractivity contribution in [2.75, 3.05) is 18.5 Å². The molecule has 0 radical (unpaired) electrons. The molecule has 6 heteroatoms. The van der Waals surface area contributed by atoms with Gasteiger partial charge in [0.25, 0.3) is 0 Å². The predicted octanol–water partition coefficient (Wildman–Crippen LogP) is 2.19. The molecule has 0 saturated carbocycles. The summed E-state index contributed by atoms with van der Waals surface area (Å²) in [7, 11) is 0. The molecule has 1 aromatic rings. The van der Waals surface area contributed by atoms with Crippen LogP contribution in [0.5, 0.6) is 0 Å². The number of halogens is 1. The fourth-order valence-corrected chi connectivity index (χ4v) is 1.42. The second-order valence-corrected chi connectivity index (χ2v) is 3.95. The van der Waals surface area contributed by atoms with Crippen LogP contribution in [0.25, 0.3) is 0 Å². The Labute approximate surface area is 106 Å². The van der Waals surface area contributed by atoms with Crippen LogP contribution >= 0.6 is 11.6 Å². The third-order valence-corrected chi connectivity index (χ3v) is 2.09. The van der Waals surface area contributed by atoms with Gasteiger partial charge in [-0.1, -0.05) is 18.5 Å². The third-order valence-electron chi connectivity index (χ3n) is 1.90. The second-order valence-electron chi connectivity index (χ2n) is 3.57. The van der Waals surface area contributed by atoms with Gasteiger partial charge in [-0.3, -0.25) is 10.1 Å². The Morgan fingerprint density at radius 1 is 1.47 bits per heavy atom. The van der Waals surface area contributed by atoms with Crippen molar-refractivity contribution in [3.05, 3.63) is 16.9 Å². The van der Waals surface area contributed by atoms with Gasteiger partial charge in [0.2, 0.25) is 11.9 Å². The lowest BCUT2D eigenvalue weighted by Crippen LogP contribution is -2.16. The monoisotopic (exact) mass is 257 g/mol. The summed E-state index contributed by atoms with van der Waals surface area (Å²) in [5, 5.41) is 2.89. The van der Waals surface area contributed by atoms with Crippen LogP contribution in [0, 0.1) is 6.92 Å². The Bertz CT molecular complexity index is 365. The molecule has 1 amide bonds. The normalized spacial score (nSPS) is 10.3. The SMILES string of the molecule is CCCOCCC(=O)Nc1nc(C)cc(Cl)n1. The zero-order valence-electron chi connectivity index (χ0n) is 9.99. The molecule has 0 fully saturated rings. The molecule has 0 aliphatic heterocycles. The second kappa shape index (κ2) is 7.19. The van der Waals surface area contributed by atoms with Gasteiger partial charge in [0, 0.05) is 12.3 Å². The smallest absolute Gasteiger partial charge is 0.231 e. The highest BCUT2D eigenvalue weighted by Crippen LogP contribution is 2.09. The van der Waals surface area contributed by atoms with Crippen molar-refractivity contribution in [1.29, 1.82) is 0 Å². The standard InChI is InChI=1S/C11H16ClN3O2/c1-3-5-17-6-4-10(16)15-11-13-8(2)7-9(12)14-11/h7H,3-6H2,1-2H3,(H,13,14,15,16). The van der Waals surface area contributed by atoms with Crippen LogP contribution in [-0.4, -0.2) is 29.1 Å². The Morgan fingerprint density at radius 2 is 2.24 bits per heavy atom. The first kappa shape index (κ1) is 13.9. The molecule has 1 N–H and O–H groups in total. The summed E-state index contributed by atoms with van der Waals surface area (Å²) < 4.78 is 5.21. The van der Waals surface area contributed by atoms with Gasteiger partial charge in [0.05, 0.1) is 13.0 Å². The van der Waals surface area contributed by atoms with E-state index in [0.717, 1.165) is 6.42 Å². The summed E-state index contributed by atoms with van der Waals surface area (Å²) >= 11 is 5.75. The van der Waals surface area contributed by atoms with Crippen molar-refractivity contribution in [3.63, 3.8) is 0 Å². The van der Waals surface area contributed by atoms with Crippen LogP contribution < -0.4 is 5.32 Å². The van der Waals surface area contributed by atoms with Crippen LogP contribution in [0.15, 0.2) is 6.07 Å². The number of ether oxygens (including phenoxy) is 1. The number of hydrogen-bond donors (Lipinski definition) is 1. The molecule has 0 aliphatic carbocycles. The predicted molar refractivity (Wildman–Crippen MR) is 66.1 cm³/mol. The number of nitrogens with zero attached hydrogens (tertiary/aromatic N) is 2. The highest BCUT2D eigenvalue weighted by molar-refractivity contribution is 6.29. The number of anilines is 1. The number of amides is 1. The van der Waals surface area contributed by atoms with E-state index in [1.807, 2.05) is 6.92 Å². The van der Waals surface area contributed by atoms with E-state index < -0.39 is 0 Å². The van der Waals surface area contributed by atoms with E-state index in [4.69, 9.17) is 16.3 Å². The van der Waals surface area contributed by atoms with E-state index >= 15 is 0 Å². The maximum Gasteiger partial charge on any atom is 0.231 e. The Kier molecular flexibility index (Phi) is 5.86. The largest absolute Gasteiger partial charge is 0.381 e. The van der Waals surface area contributed by atoms with Crippen molar-refractivity contribution >= 4 is 23.5 Å². The average molecular weight is 258 g/mol. The minimum atomic E-state index is -0.178. The third kappa shape index (κ3) is 5.60. The van der Waals surface area contributed by atoms with Crippen molar-refractivity contribution in [1.82, 2.24) is 9.97 Å². The first-order chi connectivity index (χ1) is 8.11. The van der Waals surface area contributed by atoms with Crippen molar-refractivity contribution in [2.45, 2.75) is 26.7 Å². The minimum Gasteiger partial charge on any atom is -0.381 e. The summed E-state index contributed by atoms with van der Waals surface area (Å²) in [5.74, 6) is 0.0539. The van der Waals surface area contributed by atoms with Gasteiger partial charge in [-0.15, -0.1) is 0 Å². The van der Waals surface area contributed by atoms with Gasteiger partial charge < -0.3 is 4.74 Å². The van der Waals surface area contributed by atoms with Crippen LogP contribution in [0.3, 0.4) is 0 Å². The molecular weight excluding hydrogens is 242 g/mol. The van der Waals surface area contributed by atoms with Gasteiger partial charge in [-0.05, 0) is 19.4 Å². The van der Waals surface area contributed by atoms with Crippen molar-refractivity contribution in [2.24, 2.45) is 0 Å². The Hall–Kier alpha value is -1.20. The summed E-state index contributed by atoms with van der Waals surface area (Å²) in [6.07, 6.45) is 1.23. The van der Waals surface area contributed by atoms with Gasteiger partial charge in [0.15, 0.2) is 0 Å². The molecule has 1 rings (SSSR count). The maximum absolute atomic E-state index is 11.5. The number of aryl methyl sites for hydroxylation is 1. The molecule has 0 spiro atoms. The van der Waals surface area contributed by atoms with Gasteiger partial charge in [-0.25, -0.2) is 9.97 Å². The molecule has 0 saturated heterocycles. The summed E-state index contributed by atoms with van der Waals surface area (Å²) in [4.78, 5) is 19.4. The summed E-state index contributed by atoms with van der Waals surface area (Å²) in [6.45, 7) is 4.87. The Balaban J connectivity index is 2.39. The topological polar surface area (TPSA) is 64.1 Å². The number of carbonyl (C=O) groups is 1.